The lowest BCUT2D eigenvalue weighted by molar-refractivity contribution is 0.197. The van der Waals surface area contributed by atoms with Crippen LogP contribution in [0.25, 0.3) is 16.9 Å². The van der Waals surface area contributed by atoms with Crippen molar-refractivity contribution in [3.05, 3.63) is 83.4 Å². The van der Waals surface area contributed by atoms with Crippen LogP contribution in [0, 0.1) is 6.92 Å². The topological polar surface area (TPSA) is 46.3 Å². The maximum Gasteiger partial charge on any atom is 0.252 e. The Morgan fingerprint density at radius 3 is 2.58 bits per heavy atom. The summed E-state index contributed by atoms with van der Waals surface area (Å²) in [7, 11) is 0. The molecule has 0 spiro atoms. The predicted octanol–water partition coefficient (Wildman–Crippen LogP) is 5.04. The second-order valence-corrected chi connectivity index (χ2v) is 8.62. The van der Waals surface area contributed by atoms with Crippen molar-refractivity contribution >= 4 is 5.78 Å². The van der Waals surface area contributed by atoms with Crippen LogP contribution in [0.1, 0.15) is 48.2 Å². The van der Waals surface area contributed by atoms with E-state index in [0.717, 1.165) is 31.7 Å². The van der Waals surface area contributed by atoms with E-state index in [1.807, 2.05) is 11.4 Å². The van der Waals surface area contributed by atoms with Gasteiger partial charge in [-0.2, -0.15) is 10.1 Å². The van der Waals surface area contributed by atoms with Crippen LogP contribution in [0.5, 0.6) is 0 Å². The number of hydrogen-bond acceptors (Lipinski definition) is 4. The maximum atomic E-state index is 4.50. The van der Waals surface area contributed by atoms with Crippen LogP contribution in [0.15, 0.2) is 60.9 Å². The number of hydrogen-bond donors (Lipinski definition) is 0. The van der Waals surface area contributed by atoms with Crippen molar-refractivity contribution in [2.75, 3.05) is 13.1 Å². The summed E-state index contributed by atoms with van der Waals surface area (Å²) < 4.78 is 1.92. The summed E-state index contributed by atoms with van der Waals surface area (Å²) in [6.07, 6.45) is 5.04. The highest BCUT2D eigenvalue weighted by atomic mass is 15.3. The molecular formula is C26H29N5. The normalized spacial score (nSPS) is 17.3. The number of benzene rings is 2. The lowest BCUT2D eigenvalue weighted by atomic mass is 9.93. The fourth-order valence-corrected chi connectivity index (χ4v) is 4.77. The predicted molar refractivity (Wildman–Crippen MR) is 124 cm³/mol. The fourth-order valence-electron chi connectivity index (χ4n) is 4.77. The van der Waals surface area contributed by atoms with Crippen LogP contribution in [0.4, 0.5) is 0 Å². The quantitative estimate of drug-likeness (QED) is 0.461. The monoisotopic (exact) mass is 411 g/mol. The van der Waals surface area contributed by atoms with Crippen molar-refractivity contribution in [1.29, 1.82) is 0 Å². The Hall–Kier alpha value is -3.05. The van der Waals surface area contributed by atoms with Crippen molar-refractivity contribution in [3.63, 3.8) is 0 Å². The number of fused-ring (bicyclic) bond motifs is 1. The van der Waals surface area contributed by atoms with Gasteiger partial charge in [0.05, 0.1) is 5.69 Å². The van der Waals surface area contributed by atoms with E-state index in [2.05, 4.69) is 81.5 Å². The maximum absolute atomic E-state index is 4.50. The van der Waals surface area contributed by atoms with Crippen molar-refractivity contribution in [3.8, 4) is 11.1 Å². The zero-order valence-electron chi connectivity index (χ0n) is 18.3. The zero-order chi connectivity index (χ0) is 21.2. The summed E-state index contributed by atoms with van der Waals surface area (Å²) in [4.78, 5) is 11.4. The highest BCUT2D eigenvalue weighted by molar-refractivity contribution is 5.65. The molecule has 1 atom stereocenters. The van der Waals surface area contributed by atoms with E-state index < -0.39 is 0 Å². The summed E-state index contributed by atoms with van der Waals surface area (Å²) in [5.41, 5.74) is 7.60. The largest absolute Gasteiger partial charge is 0.298 e. The SMILES string of the molecule is CCc1cccc(-c2cccc(CN3CCCC(c4cc(C)nc5ncnn45)C3)c2)c1. The summed E-state index contributed by atoms with van der Waals surface area (Å²) in [6, 6.07) is 20.1. The summed E-state index contributed by atoms with van der Waals surface area (Å²) >= 11 is 0. The van der Waals surface area contributed by atoms with E-state index in [0.29, 0.717) is 11.7 Å². The highest BCUT2D eigenvalue weighted by Crippen LogP contribution is 2.29. The van der Waals surface area contributed by atoms with Gasteiger partial charge in [0.15, 0.2) is 0 Å². The second kappa shape index (κ2) is 8.60. The minimum absolute atomic E-state index is 0.448. The molecule has 5 rings (SSSR count). The molecule has 1 aliphatic rings. The molecule has 3 heterocycles. The molecule has 0 aliphatic carbocycles. The molecule has 0 amide bonds. The molecule has 2 aromatic carbocycles. The molecule has 5 nitrogen and oxygen atoms in total. The Kier molecular flexibility index (Phi) is 5.51. The first kappa shape index (κ1) is 19.9. The number of piperidine rings is 1. The van der Waals surface area contributed by atoms with Gasteiger partial charge >= 0.3 is 0 Å². The van der Waals surface area contributed by atoms with Crippen LogP contribution in [0.2, 0.25) is 0 Å². The molecule has 1 saturated heterocycles. The zero-order valence-corrected chi connectivity index (χ0v) is 18.3. The van der Waals surface area contributed by atoms with E-state index in [9.17, 15) is 0 Å². The first-order valence-corrected chi connectivity index (χ1v) is 11.3. The average molecular weight is 412 g/mol. The third-order valence-electron chi connectivity index (χ3n) is 6.33. The van der Waals surface area contributed by atoms with Gasteiger partial charge in [-0.3, -0.25) is 4.90 Å². The summed E-state index contributed by atoms with van der Waals surface area (Å²) in [5, 5.41) is 4.43. The fraction of sp³-hybridized carbons (Fsp3) is 0.346. The first-order chi connectivity index (χ1) is 15.2. The van der Waals surface area contributed by atoms with Crippen LogP contribution >= 0.6 is 0 Å². The van der Waals surface area contributed by atoms with Crippen LogP contribution in [-0.4, -0.2) is 37.6 Å². The lowest BCUT2D eigenvalue weighted by Crippen LogP contribution is -2.34. The van der Waals surface area contributed by atoms with Crippen LogP contribution in [-0.2, 0) is 13.0 Å². The Bertz CT molecular complexity index is 1200. The molecule has 2 aromatic heterocycles. The van der Waals surface area contributed by atoms with Crippen molar-refractivity contribution in [2.45, 2.75) is 45.6 Å². The molecular weight excluding hydrogens is 382 g/mol. The highest BCUT2D eigenvalue weighted by Gasteiger charge is 2.24. The molecule has 31 heavy (non-hydrogen) atoms. The number of aromatic nitrogens is 4. The van der Waals surface area contributed by atoms with Crippen LogP contribution in [0.3, 0.4) is 0 Å². The average Bonchev–Trinajstić information content (AvgIpc) is 3.27. The lowest BCUT2D eigenvalue weighted by Gasteiger charge is -2.33. The Morgan fingerprint density at radius 1 is 1.00 bits per heavy atom. The minimum Gasteiger partial charge on any atom is -0.298 e. The molecule has 4 aromatic rings. The van der Waals surface area contributed by atoms with E-state index >= 15 is 0 Å². The van der Waals surface area contributed by atoms with Crippen LogP contribution < -0.4 is 0 Å². The van der Waals surface area contributed by atoms with Crippen molar-refractivity contribution < 1.29 is 0 Å². The number of rotatable bonds is 5. The molecule has 0 radical (unpaired) electrons. The molecule has 0 saturated carbocycles. The van der Waals surface area contributed by atoms with Gasteiger partial charge in [-0.1, -0.05) is 49.4 Å². The standard InChI is InChI=1S/C26H29N5/c1-3-20-7-4-9-22(14-20)23-10-5-8-21(15-23)16-30-12-6-11-24(17-30)25-13-19(2)29-26-27-18-28-31(25)26/h4-5,7-10,13-15,18,24H,3,6,11-12,16-17H2,1-2H3. The minimum atomic E-state index is 0.448. The first-order valence-electron chi connectivity index (χ1n) is 11.3. The molecule has 0 N–H and O–H groups in total. The Morgan fingerprint density at radius 2 is 1.77 bits per heavy atom. The molecule has 1 fully saturated rings. The molecule has 5 heteroatoms. The smallest absolute Gasteiger partial charge is 0.252 e. The molecule has 0 bridgehead atoms. The van der Waals surface area contributed by atoms with E-state index in [-0.39, 0.29) is 0 Å². The third kappa shape index (κ3) is 4.23. The van der Waals surface area contributed by atoms with Gasteiger partial charge in [-0.15, -0.1) is 0 Å². The van der Waals surface area contributed by atoms with E-state index in [1.54, 1.807) is 6.33 Å². The van der Waals surface area contributed by atoms with Crippen molar-refractivity contribution in [2.24, 2.45) is 0 Å². The Labute approximate surface area is 183 Å². The van der Waals surface area contributed by atoms with Gasteiger partial charge in [-0.05, 0) is 67.1 Å². The number of nitrogens with zero attached hydrogens (tertiary/aromatic N) is 5. The van der Waals surface area contributed by atoms with Gasteiger partial charge in [0, 0.05) is 24.7 Å². The Balaban J connectivity index is 1.35. The number of likely N-dealkylation sites (tertiary alicyclic amines) is 1. The van der Waals surface area contributed by atoms with Gasteiger partial charge in [-0.25, -0.2) is 9.50 Å². The van der Waals surface area contributed by atoms with Gasteiger partial charge < -0.3 is 0 Å². The molecule has 1 aliphatic heterocycles. The molecule has 158 valence electrons. The number of aryl methyl sites for hydroxylation is 2. The summed E-state index contributed by atoms with van der Waals surface area (Å²) in [5.74, 6) is 1.15. The van der Waals surface area contributed by atoms with E-state index in [4.69, 9.17) is 0 Å². The molecule has 1 unspecified atom stereocenters. The van der Waals surface area contributed by atoms with Gasteiger partial charge in [0.1, 0.15) is 6.33 Å². The second-order valence-electron chi connectivity index (χ2n) is 8.62. The van der Waals surface area contributed by atoms with E-state index in [1.165, 1.54) is 40.8 Å². The third-order valence-corrected chi connectivity index (χ3v) is 6.33. The van der Waals surface area contributed by atoms with Gasteiger partial charge in [0.2, 0.25) is 0 Å². The van der Waals surface area contributed by atoms with Crippen molar-refractivity contribution in [1.82, 2.24) is 24.5 Å². The summed E-state index contributed by atoms with van der Waals surface area (Å²) in [6.45, 7) is 7.39. The van der Waals surface area contributed by atoms with Gasteiger partial charge in [0.25, 0.3) is 5.78 Å².